The van der Waals surface area contributed by atoms with Gasteiger partial charge in [-0.25, -0.2) is 22.7 Å². The second kappa shape index (κ2) is 8.55. The van der Waals surface area contributed by atoms with Gasteiger partial charge in [0.05, 0.1) is 23.2 Å². The maximum absolute atomic E-state index is 12.3. The fourth-order valence-electron chi connectivity index (χ4n) is 3.74. The number of rotatable bonds is 5. The topological polar surface area (TPSA) is 108 Å². The lowest BCUT2D eigenvalue weighted by molar-refractivity contribution is -0.138. The third-order valence-electron chi connectivity index (χ3n) is 5.37. The fraction of sp³-hybridized carbons (Fsp3) is 0.318. The van der Waals surface area contributed by atoms with Crippen molar-refractivity contribution in [2.24, 2.45) is 0 Å². The van der Waals surface area contributed by atoms with E-state index in [2.05, 4.69) is 5.10 Å². The minimum absolute atomic E-state index is 0.00240. The second-order valence-electron chi connectivity index (χ2n) is 7.82. The molecule has 3 heterocycles. The molecule has 168 valence electrons. The van der Waals surface area contributed by atoms with E-state index < -0.39 is 21.4 Å². The standard InChI is InChI=1S/C22H21ClN2O6S/c1-13-3-4-18-15(10-21(27)31-19(18)9-13)11-30-20(26)6-5-17-14(2)24-25(22(17)23)16-7-8-32(28,29)12-16/h3-6,9-10,16H,7-8,11-12H2,1-2H3/b6-5+/t16-/m1/s1. The Morgan fingerprint density at radius 3 is 2.84 bits per heavy atom. The second-order valence-corrected chi connectivity index (χ2v) is 10.4. The number of halogens is 1. The Morgan fingerprint density at radius 2 is 2.12 bits per heavy atom. The van der Waals surface area contributed by atoms with Crippen LogP contribution >= 0.6 is 11.6 Å². The van der Waals surface area contributed by atoms with Crippen LogP contribution in [0.15, 0.2) is 39.6 Å². The summed E-state index contributed by atoms with van der Waals surface area (Å²) in [5.41, 5.74) is 2.50. The van der Waals surface area contributed by atoms with E-state index in [0.29, 0.717) is 34.2 Å². The molecular formula is C22H21ClN2O6S. The largest absolute Gasteiger partial charge is 0.458 e. The molecule has 0 saturated carbocycles. The van der Waals surface area contributed by atoms with Gasteiger partial charge in [-0.1, -0.05) is 23.7 Å². The smallest absolute Gasteiger partial charge is 0.336 e. The molecule has 1 aliphatic rings. The number of ether oxygens (including phenoxy) is 1. The van der Waals surface area contributed by atoms with Crippen LogP contribution in [0.1, 0.15) is 34.8 Å². The zero-order chi connectivity index (χ0) is 23.0. The molecule has 32 heavy (non-hydrogen) atoms. The van der Waals surface area contributed by atoms with Crippen molar-refractivity contribution < 1.29 is 22.4 Å². The van der Waals surface area contributed by atoms with Crippen molar-refractivity contribution in [3.63, 3.8) is 0 Å². The molecule has 1 aromatic carbocycles. The number of sulfone groups is 1. The molecule has 0 N–H and O–H groups in total. The molecule has 10 heteroatoms. The summed E-state index contributed by atoms with van der Waals surface area (Å²) in [6.07, 6.45) is 3.17. The Balaban J connectivity index is 1.48. The van der Waals surface area contributed by atoms with Gasteiger partial charge in [0.1, 0.15) is 17.3 Å². The Hall–Kier alpha value is -2.91. The highest BCUT2D eigenvalue weighted by Gasteiger charge is 2.31. The number of benzene rings is 1. The van der Waals surface area contributed by atoms with Gasteiger partial charge in [-0.05, 0) is 38.0 Å². The zero-order valence-electron chi connectivity index (χ0n) is 17.5. The maximum Gasteiger partial charge on any atom is 0.336 e. The lowest BCUT2D eigenvalue weighted by Gasteiger charge is -2.09. The van der Waals surface area contributed by atoms with E-state index in [1.165, 1.54) is 22.9 Å². The van der Waals surface area contributed by atoms with Crippen molar-refractivity contribution in [3.05, 3.63) is 68.3 Å². The molecule has 1 aliphatic heterocycles. The number of hydrogen-bond acceptors (Lipinski definition) is 7. The Bertz CT molecular complexity index is 1400. The highest BCUT2D eigenvalue weighted by Crippen LogP contribution is 2.30. The van der Waals surface area contributed by atoms with E-state index in [4.69, 9.17) is 20.8 Å². The number of carbonyl (C=O) groups is 1. The molecule has 0 unspecified atom stereocenters. The SMILES string of the molecule is Cc1ccc2c(COC(=O)/C=C/c3c(C)nn([C@@H]4CCS(=O)(=O)C4)c3Cl)cc(=O)oc2c1. The predicted molar refractivity (Wildman–Crippen MR) is 120 cm³/mol. The summed E-state index contributed by atoms with van der Waals surface area (Å²) in [5.74, 6) is -0.515. The van der Waals surface area contributed by atoms with Gasteiger partial charge in [0.15, 0.2) is 9.84 Å². The van der Waals surface area contributed by atoms with E-state index in [-0.39, 0.29) is 29.3 Å². The van der Waals surface area contributed by atoms with Gasteiger partial charge in [0, 0.05) is 28.7 Å². The Labute approximate surface area is 189 Å². The lowest BCUT2D eigenvalue weighted by Crippen LogP contribution is -2.12. The molecule has 0 amide bonds. The highest BCUT2D eigenvalue weighted by molar-refractivity contribution is 7.91. The van der Waals surface area contributed by atoms with Crippen molar-refractivity contribution in [1.82, 2.24) is 9.78 Å². The quantitative estimate of drug-likeness (QED) is 0.315. The molecule has 8 nitrogen and oxygen atoms in total. The van der Waals surface area contributed by atoms with Crippen molar-refractivity contribution in [2.45, 2.75) is 32.9 Å². The average Bonchev–Trinajstić information content (AvgIpc) is 3.22. The van der Waals surface area contributed by atoms with Crippen LogP contribution in [0.4, 0.5) is 0 Å². The summed E-state index contributed by atoms with van der Waals surface area (Å²) in [6.45, 7) is 3.52. The van der Waals surface area contributed by atoms with Crippen LogP contribution < -0.4 is 5.63 Å². The highest BCUT2D eigenvalue weighted by atomic mass is 35.5. The molecule has 1 atom stereocenters. The first kappa shape index (κ1) is 22.3. The average molecular weight is 477 g/mol. The normalized spacial score (nSPS) is 17.9. The minimum atomic E-state index is -3.09. The summed E-state index contributed by atoms with van der Waals surface area (Å²) in [7, 11) is -3.09. The number of fused-ring (bicyclic) bond motifs is 1. The molecular weight excluding hydrogens is 456 g/mol. The van der Waals surface area contributed by atoms with Crippen molar-refractivity contribution in [1.29, 1.82) is 0 Å². The number of aryl methyl sites for hydroxylation is 2. The summed E-state index contributed by atoms with van der Waals surface area (Å²) < 4.78 is 35.5. The molecule has 0 bridgehead atoms. The maximum atomic E-state index is 12.3. The van der Waals surface area contributed by atoms with Gasteiger partial charge in [0.2, 0.25) is 0 Å². The Morgan fingerprint density at radius 1 is 1.34 bits per heavy atom. The predicted octanol–water partition coefficient (Wildman–Crippen LogP) is 3.38. The minimum Gasteiger partial charge on any atom is -0.458 e. The molecule has 0 radical (unpaired) electrons. The molecule has 0 spiro atoms. The summed E-state index contributed by atoms with van der Waals surface area (Å²) >= 11 is 6.41. The van der Waals surface area contributed by atoms with E-state index >= 15 is 0 Å². The van der Waals surface area contributed by atoms with Crippen molar-refractivity contribution >= 4 is 44.5 Å². The van der Waals surface area contributed by atoms with Gasteiger partial charge in [-0.15, -0.1) is 0 Å². The molecule has 1 fully saturated rings. The Kier molecular flexibility index (Phi) is 5.96. The van der Waals surface area contributed by atoms with Gasteiger partial charge in [-0.2, -0.15) is 5.10 Å². The van der Waals surface area contributed by atoms with Crippen LogP contribution in [0.5, 0.6) is 0 Å². The number of aromatic nitrogens is 2. The first-order chi connectivity index (χ1) is 15.1. The number of hydrogen-bond donors (Lipinski definition) is 0. The van der Waals surface area contributed by atoms with Crippen molar-refractivity contribution in [2.75, 3.05) is 11.5 Å². The van der Waals surface area contributed by atoms with Crippen LogP contribution in [0.3, 0.4) is 0 Å². The van der Waals surface area contributed by atoms with Gasteiger partial charge >= 0.3 is 11.6 Å². The third kappa shape index (κ3) is 4.63. The van der Waals surface area contributed by atoms with Crippen molar-refractivity contribution in [3.8, 4) is 0 Å². The lowest BCUT2D eigenvalue weighted by atomic mass is 10.1. The summed E-state index contributed by atoms with van der Waals surface area (Å²) in [4.78, 5) is 24.1. The first-order valence-corrected chi connectivity index (χ1v) is 12.2. The first-order valence-electron chi connectivity index (χ1n) is 9.96. The van der Waals surface area contributed by atoms with Crippen LogP contribution in [0, 0.1) is 13.8 Å². The molecule has 2 aromatic heterocycles. The van der Waals surface area contributed by atoms with E-state index in [9.17, 15) is 18.0 Å². The van der Waals surface area contributed by atoms with Crippen LogP contribution in [-0.4, -0.2) is 35.7 Å². The van der Waals surface area contributed by atoms with E-state index in [1.807, 2.05) is 19.1 Å². The molecule has 1 saturated heterocycles. The summed E-state index contributed by atoms with van der Waals surface area (Å²) in [5, 5.41) is 5.32. The van der Waals surface area contributed by atoms with Crippen LogP contribution in [0.25, 0.3) is 17.0 Å². The third-order valence-corrected chi connectivity index (χ3v) is 7.49. The van der Waals surface area contributed by atoms with Crippen LogP contribution in [0.2, 0.25) is 5.15 Å². The number of carbonyl (C=O) groups excluding carboxylic acids is 1. The fourth-order valence-corrected chi connectivity index (χ4v) is 5.80. The number of esters is 1. The van der Waals surface area contributed by atoms with E-state index in [0.717, 1.165) is 5.56 Å². The summed E-state index contributed by atoms with van der Waals surface area (Å²) in [6, 6.07) is 6.43. The molecule has 4 rings (SSSR count). The van der Waals surface area contributed by atoms with Gasteiger partial charge < -0.3 is 9.15 Å². The monoisotopic (exact) mass is 476 g/mol. The van der Waals surface area contributed by atoms with E-state index in [1.54, 1.807) is 13.0 Å². The van der Waals surface area contributed by atoms with Gasteiger partial charge in [-0.3, -0.25) is 0 Å². The zero-order valence-corrected chi connectivity index (χ0v) is 19.1. The molecule has 0 aliphatic carbocycles. The van der Waals surface area contributed by atoms with Crippen LogP contribution in [-0.2, 0) is 26.0 Å². The molecule has 3 aromatic rings. The van der Waals surface area contributed by atoms with Gasteiger partial charge in [0.25, 0.3) is 0 Å². The number of nitrogens with zero attached hydrogens (tertiary/aromatic N) is 2.